The molecule has 0 bridgehead atoms. The summed E-state index contributed by atoms with van der Waals surface area (Å²) < 4.78 is 58.6. The highest BCUT2D eigenvalue weighted by Gasteiger charge is 2.25. The van der Waals surface area contributed by atoms with Crippen molar-refractivity contribution in [2.75, 3.05) is 17.6 Å². The van der Waals surface area contributed by atoms with Gasteiger partial charge >= 0.3 is 5.97 Å². The van der Waals surface area contributed by atoms with E-state index in [1.165, 1.54) is 6.20 Å². The van der Waals surface area contributed by atoms with Crippen LogP contribution in [0.15, 0.2) is 48.7 Å². The van der Waals surface area contributed by atoms with Gasteiger partial charge in [0.2, 0.25) is 15.8 Å². The molecule has 2 heterocycles. The van der Waals surface area contributed by atoms with Crippen LogP contribution in [0.4, 0.5) is 14.5 Å². The van der Waals surface area contributed by atoms with Gasteiger partial charge in [0.05, 0.1) is 29.4 Å². The lowest BCUT2D eigenvalue weighted by Gasteiger charge is -2.09. The first-order valence-electron chi connectivity index (χ1n) is 10.2. The number of H-pyrrole nitrogens is 1. The molecule has 180 valence electrons. The molecule has 0 aliphatic carbocycles. The topological polar surface area (TPSA) is 131 Å². The number of rotatable bonds is 7. The zero-order valence-electron chi connectivity index (χ0n) is 18.4. The van der Waals surface area contributed by atoms with Gasteiger partial charge in [-0.1, -0.05) is 12.1 Å². The summed E-state index contributed by atoms with van der Waals surface area (Å²) in [5.74, 6) is -3.90. The van der Waals surface area contributed by atoms with Crippen LogP contribution in [-0.4, -0.2) is 48.2 Å². The predicted molar refractivity (Wildman–Crippen MR) is 124 cm³/mol. The van der Waals surface area contributed by atoms with E-state index in [2.05, 4.69) is 15.2 Å². The molecule has 9 nitrogen and oxygen atoms in total. The van der Waals surface area contributed by atoms with Gasteiger partial charge < -0.3 is 4.74 Å². The summed E-state index contributed by atoms with van der Waals surface area (Å²) in [4.78, 5) is 29.2. The number of ketones is 1. The molecule has 0 spiro atoms. The van der Waals surface area contributed by atoms with Crippen LogP contribution in [-0.2, 0) is 14.8 Å². The fraction of sp³-hybridized carbons (Fsp3) is 0.130. The Labute approximate surface area is 198 Å². The standard InChI is InChI=1S/C23H18F2N4O5S/c1-3-34-23(31)13-6-4-12(5-7-13)14-10-16-19(27-28-22(16)26-11-14)21(30)15-8-9-17(24)20(18(15)25)29-35(2,32)33/h4-11,29H,3H2,1-2H3,(H,26,27,28). The number of hydrogen-bond donors (Lipinski definition) is 2. The second-order valence-electron chi connectivity index (χ2n) is 7.48. The molecule has 2 N–H and O–H groups in total. The van der Waals surface area contributed by atoms with Crippen LogP contribution >= 0.6 is 0 Å². The Hall–Kier alpha value is -4.19. The molecule has 0 amide bonds. The fourth-order valence-electron chi connectivity index (χ4n) is 3.38. The Balaban J connectivity index is 1.73. The number of benzene rings is 2. The highest BCUT2D eigenvalue weighted by atomic mass is 32.2. The average molecular weight is 500 g/mol. The smallest absolute Gasteiger partial charge is 0.338 e. The highest BCUT2D eigenvalue weighted by Crippen LogP contribution is 2.28. The average Bonchev–Trinajstić information content (AvgIpc) is 3.24. The second-order valence-corrected chi connectivity index (χ2v) is 9.23. The fourth-order valence-corrected chi connectivity index (χ4v) is 3.94. The molecule has 0 aliphatic heterocycles. The van der Waals surface area contributed by atoms with E-state index in [1.807, 2.05) is 0 Å². The lowest BCUT2D eigenvalue weighted by molar-refractivity contribution is 0.0526. The molecule has 0 atom stereocenters. The van der Waals surface area contributed by atoms with Crippen molar-refractivity contribution in [2.45, 2.75) is 6.92 Å². The van der Waals surface area contributed by atoms with E-state index in [9.17, 15) is 26.8 Å². The Morgan fingerprint density at radius 3 is 2.46 bits per heavy atom. The van der Waals surface area contributed by atoms with Crippen LogP contribution < -0.4 is 4.72 Å². The van der Waals surface area contributed by atoms with Crippen molar-refractivity contribution in [3.63, 3.8) is 0 Å². The van der Waals surface area contributed by atoms with Gasteiger partial charge in [0, 0.05) is 11.8 Å². The minimum Gasteiger partial charge on any atom is -0.462 e. The minimum atomic E-state index is -4.00. The minimum absolute atomic E-state index is 0.187. The Bertz CT molecular complexity index is 1570. The molecule has 0 saturated heterocycles. The number of ether oxygens (including phenoxy) is 1. The number of sulfonamides is 1. The molecule has 2 aromatic heterocycles. The summed E-state index contributed by atoms with van der Waals surface area (Å²) in [7, 11) is -4.00. The zero-order valence-corrected chi connectivity index (χ0v) is 19.2. The Morgan fingerprint density at radius 2 is 1.80 bits per heavy atom. The van der Waals surface area contributed by atoms with Gasteiger partial charge in [-0.05, 0) is 42.8 Å². The van der Waals surface area contributed by atoms with E-state index < -0.39 is 44.7 Å². The monoisotopic (exact) mass is 500 g/mol. The summed E-state index contributed by atoms with van der Waals surface area (Å²) >= 11 is 0. The zero-order chi connectivity index (χ0) is 25.3. The van der Waals surface area contributed by atoms with Crippen molar-refractivity contribution in [1.82, 2.24) is 15.2 Å². The van der Waals surface area contributed by atoms with Crippen LogP contribution in [0.5, 0.6) is 0 Å². The molecule has 12 heteroatoms. The molecule has 0 radical (unpaired) electrons. The third-order valence-corrected chi connectivity index (χ3v) is 5.56. The number of fused-ring (bicyclic) bond motifs is 1. The summed E-state index contributed by atoms with van der Waals surface area (Å²) in [5.41, 5.74) is 0.163. The van der Waals surface area contributed by atoms with E-state index in [4.69, 9.17) is 4.74 Å². The third-order valence-electron chi connectivity index (χ3n) is 4.98. The number of nitrogens with one attached hydrogen (secondary N) is 2. The van der Waals surface area contributed by atoms with Crippen LogP contribution in [0, 0.1) is 11.6 Å². The van der Waals surface area contributed by atoms with E-state index in [0.29, 0.717) is 16.7 Å². The first-order valence-corrected chi connectivity index (χ1v) is 12.1. The van der Waals surface area contributed by atoms with Gasteiger partial charge in [0.1, 0.15) is 17.2 Å². The molecule has 0 aliphatic rings. The number of pyridine rings is 1. The Kier molecular flexibility index (Phi) is 6.31. The quantitative estimate of drug-likeness (QED) is 0.292. The van der Waals surface area contributed by atoms with E-state index in [1.54, 1.807) is 42.0 Å². The second kappa shape index (κ2) is 9.22. The van der Waals surface area contributed by atoms with Gasteiger partial charge in [-0.15, -0.1) is 0 Å². The van der Waals surface area contributed by atoms with Crippen LogP contribution in [0.1, 0.15) is 33.3 Å². The molecule has 4 rings (SSSR count). The third kappa shape index (κ3) is 4.87. The Morgan fingerprint density at radius 1 is 1.09 bits per heavy atom. The molecule has 4 aromatic rings. The number of anilines is 1. The van der Waals surface area contributed by atoms with Gasteiger partial charge in [0.15, 0.2) is 11.5 Å². The summed E-state index contributed by atoms with van der Waals surface area (Å²) in [5, 5.41) is 6.79. The van der Waals surface area contributed by atoms with Gasteiger partial charge in [0.25, 0.3) is 0 Å². The van der Waals surface area contributed by atoms with Gasteiger partial charge in [-0.2, -0.15) is 5.10 Å². The van der Waals surface area contributed by atoms with Crippen LogP contribution in [0.25, 0.3) is 22.2 Å². The maximum absolute atomic E-state index is 14.9. The number of aromatic nitrogens is 3. The van der Waals surface area contributed by atoms with Crippen molar-refractivity contribution in [3.8, 4) is 11.1 Å². The molecular formula is C23H18F2N4O5S. The number of esters is 1. The van der Waals surface area contributed by atoms with Crippen molar-refractivity contribution in [2.24, 2.45) is 0 Å². The largest absolute Gasteiger partial charge is 0.462 e. The number of nitrogens with zero attached hydrogens (tertiary/aromatic N) is 2. The van der Waals surface area contributed by atoms with Crippen LogP contribution in [0.3, 0.4) is 0 Å². The maximum Gasteiger partial charge on any atom is 0.338 e. The van der Waals surface area contributed by atoms with E-state index in [0.717, 1.165) is 18.4 Å². The molecule has 0 fully saturated rings. The van der Waals surface area contributed by atoms with Crippen molar-refractivity contribution in [3.05, 3.63) is 77.1 Å². The summed E-state index contributed by atoms with van der Waals surface area (Å²) in [6, 6.07) is 9.83. The summed E-state index contributed by atoms with van der Waals surface area (Å²) in [6.45, 7) is 1.96. The first-order chi connectivity index (χ1) is 16.6. The van der Waals surface area contributed by atoms with Gasteiger partial charge in [-0.25, -0.2) is 27.0 Å². The predicted octanol–water partition coefficient (Wildman–Crippen LogP) is 3.68. The molecule has 0 saturated carbocycles. The first kappa shape index (κ1) is 24.0. The molecule has 35 heavy (non-hydrogen) atoms. The highest BCUT2D eigenvalue weighted by molar-refractivity contribution is 7.92. The van der Waals surface area contributed by atoms with Crippen LogP contribution in [0.2, 0.25) is 0 Å². The number of carbonyl (C=O) groups excluding carboxylic acids is 2. The molecular weight excluding hydrogens is 482 g/mol. The van der Waals surface area contributed by atoms with Crippen molar-refractivity contribution in [1.29, 1.82) is 0 Å². The van der Waals surface area contributed by atoms with Crippen molar-refractivity contribution < 1.29 is 31.5 Å². The molecule has 2 aromatic carbocycles. The summed E-state index contributed by atoms with van der Waals surface area (Å²) in [6.07, 6.45) is 2.26. The van der Waals surface area contributed by atoms with E-state index >= 15 is 0 Å². The lowest BCUT2D eigenvalue weighted by atomic mass is 10.0. The number of aromatic amines is 1. The van der Waals surface area contributed by atoms with Gasteiger partial charge in [-0.3, -0.25) is 14.6 Å². The van der Waals surface area contributed by atoms with Crippen molar-refractivity contribution >= 4 is 38.5 Å². The normalized spacial score (nSPS) is 11.4. The maximum atomic E-state index is 14.9. The number of carbonyl (C=O) groups is 2. The van der Waals surface area contributed by atoms with E-state index in [-0.39, 0.29) is 23.3 Å². The SMILES string of the molecule is CCOC(=O)c1ccc(-c2cnc3[nH]nc(C(=O)c4ccc(F)c(NS(C)(=O)=O)c4F)c3c2)cc1. The molecule has 0 unspecified atom stereocenters. The lowest BCUT2D eigenvalue weighted by Crippen LogP contribution is -2.15. The number of hydrogen-bond acceptors (Lipinski definition) is 7. The number of halogens is 2.